The average molecular weight is 249 g/mol. The van der Waals surface area contributed by atoms with Gasteiger partial charge in [0.25, 0.3) is 0 Å². The largest absolute Gasteiger partial charge is 0.478 e. The van der Waals surface area contributed by atoms with E-state index in [-0.39, 0.29) is 0 Å². The van der Waals surface area contributed by atoms with Gasteiger partial charge in [0, 0.05) is 17.8 Å². The number of piperidine rings is 1. The van der Waals surface area contributed by atoms with Crippen LogP contribution >= 0.6 is 0 Å². The van der Waals surface area contributed by atoms with E-state index >= 15 is 0 Å². The Morgan fingerprint density at radius 3 is 3.22 bits per heavy atom. The zero-order valence-electron chi connectivity index (χ0n) is 10.4. The van der Waals surface area contributed by atoms with E-state index in [0.717, 1.165) is 19.5 Å². The van der Waals surface area contributed by atoms with Gasteiger partial charge in [-0.15, -0.1) is 0 Å². The molecule has 3 N–H and O–H groups in total. The van der Waals surface area contributed by atoms with Crippen molar-refractivity contribution in [3.8, 4) is 5.88 Å². The maximum atomic E-state index is 11.0. The highest BCUT2D eigenvalue weighted by Crippen LogP contribution is 2.15. The second-order valence-electron chi connectivity index (χ2n) is 4.60. The van der Waals surface area contributed by atoms with E-state index < -0.39 is 5.91 Å². The second-order valence-corrected chi connectivity index (χ2v) is 4.60. The first-order chi connectivity index (χ1) is 8.75. The molecule has 1 amide bonds. The zero-order chi connectivity index (χ0) is 12.8. The molecule has 0 saturated carbocycles. The fourth-order valence-corrected chi connectivity index (χ4v) is 2.14. The first kappa shape index (κ1) is 12.8. The van der Waals surface area contributed by atoms with E-state index in [9.17, 15) is 4.79 Å². The normalized spacial score (nSPS) is 19.4. The van der Waals surface area contributed by atoms with Crippen molar-refractivity contribution in [2.24, 2.45) is 11.7 Å². The molecule has 1 unspecified atom stereocenters. The number of hydrogen-bond donors (Lipinski definition) is 2. The van der Waals surface area contributed by atoms with Crippen LogP contribution < -0.4 is 15.8 Å². The molecular formula is C13H19N3O2. The van der Waals surface area contributed by atoms with Crippen molar-refractivity contribution in [1.82, 2.24) is 10.3 Å². The van der Waals surface area contributed by atoms with Crippen molar-refractivity contribution in [2.75, 3.05) is 19.7 Å². The predicted molar refractivity (Wildman–Crippen MR) is 68.5 cm³/mol. The Hall–Kier alpha value is -1.62. The summed E-state index contributed by atoms with van der Waals surface area (Å²) in [5, 5.41) is 3.38. The molecule has 0 spiro atoms. The van der Waals surface area contributed by atoms with Crippen molar-refractivity contribution in [2.45, 2.75) is 19.3 Å². The van der Waals surface area contributed by atoms with Crippen molar-refractivity contribution in [3.05, 3.63) is 23.9 Å². The van der Waals surface area contributed by atoms with Gasteiger partial charge in [-0.2, -0.15) is 0 Å². The first-order valence-corrected chi connectivity index (χ1v) is 6.35. The number of carbonyl (C=O) groups is 1. The molecule has 98 valence electrons. The minimum absolute atomic E-state index is 0.430. The molecular weight excluding hydrogens is 230 g/mol. The molecule has 1 saturated heterocycles. The molecule has 0 radical (unpaired) electrons. The van der Waals surface area contributed by atoms with Gasteiger partial charge in [0.2, 0.25) is 11.8 Å². The summed E-state index contributed by atoms with van der Waals surface area (Å²) in [6, 6.07) is 3.17. The maximum absolute atomic E-state index is 11.0. The molecule has 1 aromatic rings. The van der Waals surface area contributed by atoms with E-state index in [2.05, 4.69) is 10.3 Å². The molecule has 1 fully saturated rings. The number of pyridine rings is 1. The molecule has 0 bridgehead atoms. The molecule has 1 aliphatic rings. The molecule has 2 rings (SSSR count). The van der Waals surface area contributed by atoms with Gasteiger partial charge in [-0.25, -0.2) is 4.98 Å². The highest BCUT2D eigenvalue weighted by molar-refractivity contribution is 5.92. The molecule has 0 aromatic carbocycles. The highest BCUT2D eigenvalue weighted by atomic mass is 16.5. The van der Waals surface area contributed by atoms with Crippen molar-refractivity contribution in [3.63, 3.8) is 0 Å². The van der Waals surface area contributed by atoms with Crippen LogP contribution in [0.15, 0.2) is 18.3 Å². The molecule has 1 aliphatic heterocycles. The smallest absolute Gasteiger partial charge is 0.248 e. The predicted octanol–water partition coefficient (Wildman–Crippen LogP) is 0.949. The average Bonchev–Trinajstić information content (AvgIpc) is 2.40. The van der Waals surface area contributed by atoms with Crippen LogP contribution in [0.3, 0.4) is 0 Å². The van der Waals surface area contributed by atoms with E-state index in [1.54, 1.807) is 12.1 Å². The Kier molecular flexibility index (Phi) is 4.52. The fraction of sp³-hybridized carbons (Fsp3) is 0.538. The standard InChI is InChI=1S/C13H19N3O2/c14-13(17)11-3-6-16-12(8-11)18-7-4-10-2-1-5-15-9-10/h3,6,8,10,15H,1-2,4-5,7,9H2,(H2,14,17). The third-order valence-electron chi connectivity index (χ3n) is 3.19. The number of nitrogens with one attached hydrogen (secondary N) is 1. The number of hydrogen-bond acceptors (Lipinski definition) is 4. The van der Waals surface area contributed by atoms with Crippen molar-refractivity contribution >= 4 is 5.91 Å². The van der Waals surface area contributed by atoms with E-state index in [1.165, 1.54) is 19.0 Å². The van der Waals surface area contributed by atoms with Gasteiger partial charge in [0.15, 0.2) is 0 Å². The number of aromatic nitrogens is 1. The number of primary amides is 1. The van der Waals surface area contributed by atoms with Crippen molar-refractivity contribution < 1.29 is 9.53 Å². The minimum Gasteiger partial charge on any atom is -0.478 e. The topological polar surface area (TPSA) is 77.2 Å². The molecule has 5 nitrogen and oxygen atoms in total. The number of nitrogens with zero attached hydrogens (tertiary/aromatic N) is 1. The van der Waals surface area contributed by atoms with Gasteiger partial charge in [-0.05, 0) is 44.3 Å². The molecule has 1 atom stereocenters. The van der Waals surface area contributed by atoms with E-state index in [0.29, 0.717) is 24.0 Å². The molecule has 5 heteroatoms. The van der Waals surface area contributed by atoms with Crippen LogP contribution in [0.4, 0.5) is 0 Å². The summed E-state index contributed by atoms with van der Waals surface area (Å²) >= 11 is 0. The zero-order valence-corrected chi connectivity index (χ0v) is 10.4. The van der Waals surface area contributed by atoms with Crippen LogP contribution in [0.5, 0.6) is 5.88 Å². The Morgan fingerprint density at radius 2 is 2.50 bits per heavy atom. The minimum atomic E-state index is -0.460. The first-order valence-electron chi connectivity index (χ1n) is 6.35. The lowest BCUT2D eigenvalue weighted by molar-refractivity contribution is 0.0999. The Bertz CT molecular complexity index is 403. The SMILES string of the molecule is NC(=O)c1ccnc(OCCC2CCCNC2)c1. The van der Waals surface area contributed by atoms with Gasteiger partial charge in [0.1, 0.15) is 0 Å². The van der Waals surface area contributed by atoms with Crippen LogP contribution in [0, 0.1) is 5.92 Å². The summed E-state index contributed by atoms with van der Waals surface area (Å²) in [5.41, 5.74) is 5.63. The lowest BCUT2D eigenvalue weighted by Crippen LogP contribution is -2.30. The molecule has 18 heavy (non-hydrogen) atoms. The molecule has 2 heterocycles. The van der Waals surface area contributed by atoms with Crippen molar-refractivity contribution in [1.29, 1.82) is 0 Å². The van der Waals surface area contributed by atoms with Crippen LogP contribution in [0.1, 0.15) is 29.6 Å². The van der Waals surface area contributed by atoms with Crippen LogP contribution in [0.25, 0.3) is 0 Å². The highest BCUT2D eigenvalue weighted by Gasteiger charge is 2.12. The second kappa shape index (κ2) is 6.35. The van der Waals surface area contributed by atoms with Crippen LogP contribution in [-0.2, 0) is 0 Å². The van der Waals surface area contributed by atoms with Crippen LogP contribution in [0.2, 0.25) is 0 Å². The maximum Gasteiger partial charge on any atom is 0.248 e. The van der Waals surface area contributed by atoms with Crippen LogP contribution in [-0.4, -0.2) is 30.6 Å². The number of amides is 1. The lowest BCUT2D eigenvalue weighted by Gasteiger charge is -2.22. The summed E-state index contributed by atoms with van der Waals surface area (Å²) in [7, 11) is 0. The molecule has 0 aliphatic carbocycles. The quantitative estimate of drug-likeness (QED) is 0.814. The van der Waals surface area contributed by atoms with Gasteiger partial charge < -0.3 is 15.8 Å². The summed E-state index contributed by atoms with van der Waals surface area (Å²) in [5.74, 6) is 0.687. The summed E-state index contributed by atoms with van der Waals surface area (Å²) < 4.78 is 5.55. The Labute approximate surface area is 107 Å². The third-order valence-corrected chi connectivity index (χ3v) is 3.19. The van der Waals surface area contributed by atoms with E-state index in [4.69, 9.17) is 10.5 Å². The number of nitrogens with two attached hydrogens (primary N) is 1. The summed E-state index contributed by atoms with van der Waals surface area (Å²) in [4.78, 5) is 15.1. The lowest BCUT2D eigenvalue weighted by atomic mass is 9.97. The van der Waals surface area contributed by atoms with Gasteiger partial charge in [-0.3, -0.25) is 4.79 Å². The number of carbonyl (C=O) groups excluding carboxylic acids is 1. The fourth-order valence-electron chi connectivity index (χ4n) is 2.14. The van der Waals surface area contributed by atoms with Gasteiger partial charge >= 0.3 is 0 Å². The molecule has 1 aromatic heterocycles. The Morgan fingerprint density at radius 1 is 1.61 bits per heavy atom. The van der Waals surface area contributed by atoms with E-state index in [1.807, 2.05) is 0 Å². The third kappa shape index (κ3) is 3.70. The van der Waals surface area contributed by atoms with Gasteiger partial charge in [0.05, 0.1) is 6.61 Å². The number of ether oxygens (including phenoxy) is 1. The monoisotopic (exact) mass is 249 g/mol. The van der Waals surface area contributed by atoms with Gasteiger partial charge in [-0.1, -0.05) is 0 Å². The summed E-state index contributed by atoms with van der Waals surface area (Å²) in [6.45, 7) is 2.82. The Balaban J connectivity index is 1.78. The number of rotatable bonds is 5. The summed E-state index contributed by atoms with van der Waals surface area (Å²) in [6.07, 6.45) is 5.04.